The molecule has 3 N–H and O–H groups in total. The monoisotopic (exact) mass is 247 g/mol. The molecule has 0 aliphatic heterocycles. The van der Waals surface area contributed by atoms with Crippen molar-refractivity contribution in [3.8, 4) is 0 Å². The third kappa shape index (κ3) is 2.97. The number of hydrogen-bond acceptors (Lipinski definition) is 5. The van der Waals surface area contributed by atoms with Gasteiger partial charge in [0.2, 0.25) is 0 Å². The highest BCUT2D eigenvalue weighted by molar-refractivity contribution is 5.61. The predicted molar refractivity (Wildman–Crippen MR) is 68.2 cm³/mol. The molecule has 0 aliphatic carbocycles. The summed E-state index contributed by atoms with van der Waals surface area (Å²) in [6, 6.07) is 4.46. The first-order chi connectivity index (χ1) is 8.65. The molecule has 7 heteroatoms. The fourth-order valence-electron chi connectivity index (χ4n) is 1.59. The number of nitrogens with zero attached hydrogens (tertiary/aromatic N) is 3. The van der Waals surface area contributed by atoms with Crippen molar-refractivity contribution >= 4 is 17.1 Å². The highest BCUT2D eigenvalue weighted by atomic mass is 16.6. The maximum Gasteiger partial charge on any atom is 0.273 e. The molecular formula is C11H13N5O2. The summed E-state index contributed by atoms with van der Waals surface area (Å²) in [5, 5.41) is 13.8. The second-order valence-electron chi connectivity index (χ2n) is 3.80. The zero-order chi connectivity index (χ0) is 13.0. The Morgan fingerprint density at radius 1 is 1.44 bits per heavy atom. The van der Waals surface area contributed by atoms with Gasteiger partial charge in [-0.25, -0.2) is 4.98 Å². The number of nitro groups is 1. The Balaban J connectivity index is 1.98. The molecule has 0 radical (unpaired) electrons. The average molecular weight is 247 g/mol. The lowest BCUT2D eigenvalue weighted by molar-refractivity contribution is -0.384. The third-order valence-electron chi connectivity index (χ3n) is 2.41. The molecule has 0 fully saturated rings. The largest absolute Gasteiger partial charge is 0.398 e. The fourth-order valence-corrected chi connectivity index (χ4v) is 1.59. The minimum absolute atomic E-state index is 0.0138. The second kappa shape index (κ2) is 5.17. The first-order valence-electron chi connectivity index (χ1n) is 5.40. The van der Waals surface area contributed by atoms with Crippen LogP contribution in [0.5, 0.6) is 0 Å². The number of nitro benzene ring substituents is 1. The number of aromatic nitrogens is 2. The summed E-state index contributed by atoms with van der Waals surface area (Å²) in [5.41, 5.74) is 6.60. The van der Waals surface area contributed by atoms with Crippen molar-refractivity contribution in [2.75, 3.05) is 17.6 Å². The van der Waals surface area contributed by atoms with Gasteiger partial charge < -0.3 is 15.6 Å². The van der Waals surface area contributed by atoms with Gasteiger partial charge in [-0.15, -0.1) is 0 Å². The van der Waals surface area contributed by atoms with Crippen molar-refractivity contribution in [1.29, 1.82) is 0 Å². The van der Waals surface area contributed by atoms with E-state index >= 15 is 0 Å². The van der Waals surface area contributed by atoms with E-state index in [0.717, 1.165) is 6.54 Å². The van der Waals surface area contributed by atoms with Crippen LogP contribution in [-0.4, -0.2) is 21.0 Å². The van der Waals surface area contributed by atoms with E-state index in [9.17, 15) is 10.1 Å². The highest BCUT2D eigenvalue weighted by Gasteiger charge is 2.07. The van der Waals surface area contributed by atoms with Gasteiger partial charge in [-0.3, -0.25) is 10.1 Å². The van der Waals surface area contributed by atoms with Crippen LogP contribution in [0.15, 0.2) is 36.9 Å². The van der Waals surface area contributed by atoms with E-state index in [2.05, 4.69) is 10.3 Å². The van der Waals surface area contributed by atoms with Gasteiger partial charge in [-0.05, 0) is 6.07 Å². The molecule has 1 heterocycles. The average Bonchev–Trinajstić information content (AvgIpc) is 2.81. The summed E-state index contributed by atoms with van der Waals surface area (Å²) in [7, 11) is 0. The summed E-state index contributed by atoms with van der Waals surface area (Å²) in [6.45, 7) is 1.36. The Morgan fingerprint density at radius 3 is 2.94 bits per heavy atom. The molecule has 18 heavy (non-hydrogen) atoms. The standard InChI is InChI=1S/C11H13N5O2/c12-9-5-10(7-11(6-9)16(17)18)14-2-4-15-3-1-13-8-15/h1,3,5-8,14H,2,4,12H2. The van der Waals surface area contributed by atoms with Gasteiger partial charge in [0.15, 0.2) is 0 Å². The molecule has 0 spiro atoms. The molecule has 2 rings (SSSR count). The number of nitrogens with one attached hydrogen (secondary N) is 1. The first-order valence-corrected chi connectivity index (χ1v) is 5.40. The lowest BCUT2D eigenvalue weighted by Crippen LogP contribution is -2.09. The second-order valence-corrected chi connectivity index (χ2v) is 3.80. The Morgan fingerprint density at radius 2 is 2.28 bits per heavy atom. The molecule has 0 bridgehead atoms. The number of rotatable bonds is 5. The normalized spacial score (nSPS) is 10.2. The van der Waals surface area contributed by atoms with Gasteiger partial charge in [0.05, 0.1) is 11.3 Å². The van der Waals surface area contributed by atoms with Crippen LogP contribution in [0.1, 0.15) is 0 Å². The molecular weight excluding hydrogens is 234 g/mol. The number of nitrogens with two attached hydrogens (primary N) is 1. The van der Waals surface area contributed by atoms with Gasteiger partial charge >= 0.3 is 0 Å². The molecule has 0 unspecified atom stereocenters. The molecule has 0 saturated heterocycles. The van der Waals surface area contributed by atoms with Crippen LogP contribution in [-0.2, 0) is 6.54 Å². The topological polar surface area (TPSA) is 99.0 Å². The van der Waals surface area contributed by atoms with E-state index < -0.39 is 4.92 Å². The van der Waals surface area contributed by atoms with Crippen LogP contribution < -0.4 is 11.1 Å². The summed E-state index contributed by atoms with van der Waals surface area (Å²) in [6.07, 6.45) is 5.26. The van der Waals surface area contributed by atoms with Crippen LogP contribution in [0.3, 0.4) is 0 Å². The van der Waals surface area contributed by atoms with E-state index in [1.54, 1.807) is 18.6 Å². The Labute approximate surface area is 103 Å². The van der Waals surface area contributed by atoms with Gasteiger partial charge in [-0.1, -0.05) is 0 Å². The number of benzene rings is 1. The van der Waals surface area contributed by atoms with E-state index in [0.29, 0.717) is 17.9 Å². The Bertz CT molecular complexity index is 538. The van der Waals surface area contributed by atoms with E-state index in [1.807, 2.05) is 10.8 Å². The van der Waals surface area contributed by atoms with Crippen LogP contribution in [0.2, 0.25) is 0 Å². The van der Waals surface area contributed by atoms with Gasteiger partial charge in [0.1, 0.15) is 0 Å². The van der Waals surface area contributed by atoms with Gasteiger partial charge in [0, 0.05) is 49.0 Å². The summed E-state index contributed by atoms with van der Waals surface area (Å²) in [5.74, 6) is 0. The van der Waals surface area contributed by atoms with Crippen LogP contribution in [0.4, 0.5) is 17.1 Å². The van der Waals surface area contributed by atoms with Gasteiger partial charge in [0.25, 0.3) is 5.69 Å². The summed E-state index contributed by atoms with van der Waals surface area (Å²) >= 11 is 0. The van der Waals surface area contributed by atoms with Crippen molar-refractivity contribution in [2.45, 2.75) is 6.54 Å². The number of hydrogen-bond donors (Lipinski definition) is 2. The molecule has 0 saturated carbocycles. The molecule has 1 aromatic heterocycles. The maximum atomic E-state index is 10.7. The van der Waals surface area contributed by atoms with Gasteiger partial charge in [-0.2, -0.15) is 0 Å². The fraction of sp³-hybridized carbons (Fsp3) is 0.182. The van der Waals surface area contributed by atoms with Crippen molar-refractivity contribution in [1.82, 2.24) is 9.55 Å². The molecule has 0 aliphatic rings. The number of nitrogen functional groups attached to an aromatic ring is 1. The molecule has 2 aromatic rings. The quantitative estimate of drug-likeness (QED) is 0.473. The van der Waals surface area contributed by atoms with Crippen molar-refractivity contribution in [2.24, 2.45) is 0 Å². The third-order valence-corrected chi connectivity index (χ3v) is 2.41. The van der Waals surface area contributed by atoms with Crippen molar-refractivity contribution < 1.29 is 4.92 Å². The van der Waals surface area contributed by atoms with Crippen LogP contribution in [0.25, 0.3) is 0 Å². The smallest absolute Gasteiger partial charge is 0.273 e. The zero-order valence-corrected chi connectivity index (χ0v) is 9.61. The molecule has 1 aromatic carbocycles. The minimum atomic E-state index is -0.461. The summed E-state index contributed by atoms with van der Waals surface area (Å²) in [4.78, 5) is 14.1. The van der Waals surface area contributed by atoms with E-state index in [1.165, 1.54) is 12.1 Å². The molecule has 94 valence electrons. The van der Waals surface area contributed by atoms with Crippen LogP contribution >= 0.6 is 0 Å². The SMILES string of the molecule is Nc1cc(NCCn2ccnc2)cc([N+](=O)[O-])c1. The molecule has 7 nitrogen and oxygen atoms in total. The number of non-ortho nitro benzene ring substituents is 1. The number of anilines is 2. The Kier molecular flexibility index (Phi) is 3.42. The maximum absolute atomic E-state index is 10.7. The van der Waals surface area contributed by atoms with E-state index in [-0.39, 0.29) is 5.69 Å². The lowest BCUT2D eigenvalue weighted by Gasteiger charge is -2.07. The predicted octanol–water partition coefficient (Wildman–Crippen LogP) is 1.49. The van der Waals surface area contributed by atoms with E-state index in [4.69, 9.17) is 5.73 Å². The first kappa shape index (κ1) is 11.9. The summed E-state index contributed by atoms with van der Waals surface area (Å²) < 4.78 is 1.91. The van der Waals surface area contributed by atoms with Crippen molar-refractivity contribution in [3.63, 3.8) is 0 Å². The van der Waals surface area contributed by atoms with Crippen molar-refractivity contribution in [3.05, 3.63) is 47.0 Å². The lowest BCUT2D eigenvalue weighted by atomic mass is 10.2. The molecule has 0 atom stereocenters. The Hall–Kier alpha value is -2.57. The highest BCUT2D eigenvalue weighted by Crippen LogP contribution is 2.22. The van der Waals surface area contributed by atoms with Crippen LogP contribution in [0, 0.1) is 10.1 Å². The zero-order valence-electron chi connectivity index (χ0n) is 9.61. The molecule has 0 amide bonds. The minimum Gasteiger partial charge on any atom is -0.398 e. The number of imidazole rings is 1.